The Labute approximate surface area is 188 Å². The van der Waals surface area contributed by atoms with Crippen molar-refractivity contribution in [1.82, 2.24) is 0 Å². The molecule has 1 heterocycles. The molecule has 2 amide bonds. The molecule has 2 aromatic carbocycles. The number of esters is 2. The number of nitro benzene ring substituents is 1. The molecule has 0 unspecified atom stereocenters. The van der Waals surface area contributed by atoms with E-state index in [0.29, 0.717) is 16.9 Å². The molecule has 0 spiro atoms. The highest BCUT2D eigenvalue weighted by Crippen LogP contribution is 2.27. The molecule has 0 aliphatic carbocycles. The fourth-order valence-corrected chi connectivity index (χ4v) is 3.22. The van der Waals surface area contributed by atoms with Crippen LogP contribution in [-0.2, 0) is 23.9 Å². The monoisotopic (exact) mass is 455 g/mol. The molecule has 0 bridgehead atoms. The van der Waals surface area contributed by atoms with E-state index in [0.717, 1.165) is 0 Å². The van der Waals surface area contributed by atoms with E-state index in [9.17, 15) is 29.3 Å². The van der Waals surface area contributed by atoms with E-state index in [4.69, 9.17) is 9.47 Å². The fraction of sp³-hybridized carbons (Fsp3) is 0.273. The predicted octanol–water partition coefficient (Wildman–Crippen LogP) is 2.31. The minimum absolute atomic E-state index is 0.0480. The summed E-state index contributed by atoms with van der Waals surface area (Å²) in [5.41, 5.74) is 1.07. The number of hydrogen-bond donors (Lipinski definition) is 1. The molecule has 1 aliphatic rings. The fourth-order valence-electron chi connectivity index (χ4n) is 3.22. The first-order valence-corrected chi connectivity index (χ1v) is 10.1. The number of benzene rings is 2. The topological polar surface area (TPSA) is 145 Å². The van der Waals surface area contributed by atoms with Crippen LogP contribution in [-0.4, -0.2) is 48.4 Å². The summed E-state index contributed by atoms with van der Waals surface area (Å²) in [6, 6.07) is 11.4. The van der Waals surface area contributed by atoms with Crippen molar-refractivity contribution in [3.05, 3.63) is 64.2 Å². The van der Waals surface area contributed by atoms with Gasteiger partial charge in [-0.05, 0) is 43.3 Å². The van der Waals surface area contributed by atoms with Crippen LogP contribution in [0.25, 0.3) is 0 Å². The molecule has 33 heavy (non-hydrogen) atoms. The minimum atomic E-state index is -0.760. The molecule has 1 N–H and O–H groups in total. The third kappa shape index (κ3) is 5.91. The van der Waals surface area contributed by atoms with Crippen molar-refractivity contribution >= 4 is 40.8 Å². The largest absolute Gasteiger partial charge is 0.462 e. The lowest BCUT2D eigenvalue weighted by atomic mass is 10.1. The number of amides is 2. The Bertz CT molecular complexity index is 1070. The average Bonchev–Trinajstić information content (AvgIpc) is 3.20. The quantitative estimate of drug-likeness (QED) is 0.363. The Hall–Kier alpha value is -4.28. The zero-order valence-electron chi connectivity index (χ0n) is 17.7. The molecule has 172 valence electrons. The van der Waals surface area contributed by atoms with Gasteiger partial charge < -0.3 is 19.7 Å². The second kappa shape index (κ2) is 10.4. The van der Waals surface area contributed by atoms with Crippen molar-refractivity contribution in [2.75, 3.05) is 30.0 Å². The first-order valence-electron chi connectivity index (χ1n) is 10.1. The van der Waals surface area contributed by atoms with Gasteiger partial charge in [0.15, 0.2) is 6.61 Å². The maximum Gasteiger partial charge on any atom is 0.338 e. The van der Waals surface area contributed by atoms with E-state index in [1.807, 2.05) is 0 Å². The second-order valence-electron chi connectivity index (χ2n) is 7.13. The highest BCUT2D eigenvalue weighted by molar-refractivity contribution is 6.00. The molecule has 1 aliphatic heterocycles. The van der Waals surface area contributed by atoms with Gasteiger partial charge >= 0.3 is 11.9 Å². The van der Waals surface area contributed by atoms with Crippen molar-refractivity contribution < 1.29 is 33.6 Å². The first-order chi connectivity index (χ1) is 15.8. The lowest BCUT2D eigenvalue weighted by Gasteiger charge is -2.16. The number of rotatable bonds is 8. The number of nitro groups is 1. The van der Waals surface area contributed by atoms with Crippen LogP contribution in [0.5, 0.6) is 0 Å². The third-order valence-corrected chi connectivity index (χ3v) is 4.86. The van der Waals surface area contributed by atoms with Crippen LogP contribution in [0.15, 0.2) is 48.5 Å². The molecule has 0 saturated carbocycles. The zero-order chi connectivity index (χ0) is 24.0. The van der Waals surface area contributed by atoms with Gasteiger partial charge in [0, 0.05) is 36.5 Å². The van der Waals surface area contributed by atoms with Crippen LogP contribution < -0.4 is 10.2 Å². The smallest absolute Gasteiger partial charge is 0.338 e. The van der Waals surface area contributed by atoms with E-state index < -0.39 is 35.3 Å². The van der Waals surface area contributed by atoms with E-state index in [1.165, 1.54) is 53.4 Å². The number of nitrogens with zero attached hydrogens (tertiary/aromatic N) is 2. The molecule has 11 heteroatoms. The molecule has 11 nitrogen and oxygen atoms in total. The molecular weight excluding hydrogens is 434 g/mol. The summed E-state index contributed by atoms with van der Waals surface area (Å²) < 4.78 is 9.93. The van der Waals surface area contributed by atoms with Gasteiger partial charge in [0.1, 0.15) is 0 Å². The Balaban J connectivity index is 1.49. The van der Waals surface area contributed by atoms with Crippen LogP contribution in [0, 0.1) is 16.0 Å². The molecule has 0 aromatic heterocycles. The summed E-state index contributed by atoms with van der Waals surface area (Å²) in [6.07, 6.45) is -0.0905. The summed E-state index contributed by atoms with van der Waals surface area (Å²) in [7, 11) is 0. The van der Waals surface area contributed by atoms with Crippen molar-refractivity contribution in [2.45, 2.75) is 13.3 Å². The molecule has 3 rings (SSSR count). The molecular formula is C22H21N3O8. The summed E-state index contributed by atoms with van der Waals surface area (Å²) >= 11 is 0. The van der Waals surface area contributed by atoms with Crippen LogP contribution in [0.1, 0.15) is 23.7 Å². The number of non-ortho nitro benzene ring substituents is 1. The number of nitrogens with one attached hydrogen (secondary N) is 1. The van der Waals surface area contributed by atoms with Crippen molar-refractivity contribution in [2.24, 2.45) is 5.92 Å². The molecule has 1 atom stereocenters. The normalized spacial score (nSPS) is 15.1. The Morgan fingerprint density at radius 1 is 1.09 bits per heavy atom. The highest BCUT2D eigenvalue weighted by Gasteiger charge is 2.36. The van der Waals surface area contributed by atoms with E-state index in [1.54, 1.807) is 6.92 Å². The van der Waals surface area contributed by atoms with Crippen molar-refractivity contribution in [1.29, 1.82) is 0 Å². The second-order valence-corrected chi connectivity index (χ2v) is 7.13. The van der Waals surface area contributed by atoms with Gasteiger partial charge in [-0.3, -0.25) is 24.5 Å². The van der Waals surface area contributed by atoms with Gasteiger partial charge in [-0.25, -0.2) is 4.79 Å². The summed E-state index contributed by atoms with van der Waals surface area (Å²) in [5, 5.41) is 13.3. The van der Waals surface area contributed by atoms with E-state index in [-0.39, 0.29) is 31.2 Å². The van der Waals surface area contributed by atoms with Crippen LogP contribution >= 0.6 is 0 Å². The van der Waals surface area contributed by atoms with Gasteiger partial charge in [0.2, 0.25) is 5.91 Å². The van der Waals surface area contributed by atoms with Crippen LogP contribution in [0.2, 0.25) is 0 Å². The molecule has 2 aromatic rings. The molecule has 1 saturated heterocycles. The third-order valence-electron chi connectivity index (χ3n) is 4.86. The highest BCUT2D eigenvalue weighted by atomic mass is 16.6. The Kier molecular flexibility index (Phi) is 7.34. The Morgan fingerprint density at radius 3 is 2.36 bits per heavy atom. The Morgan fingerprint density at radius 2 is 1.76 bits per heavy atom. The summed E-state index contributed by atoms with van der Waals surface area (Å²) in [6.45, 7) is 1.45. The summed E-state index contributed by atoms with van der Waals surface area (Å²) in [5.74, 6) is -2.83. The van der Waals surface area contributed by atoms with Gasteiger partial charge in [-0.15, -0.1) is 0 Å². The van der Waals surface area contributed by atoms with E-state index >= 15 is 0 Å². The van der Waals surface area contributed by atoms with Crippen molar-refractivity contribution in [3.63, 3.8) is 0 Å². The van der Waals surface area contributed by atoms with Crippen molar-refractivity contribution in [3.8, 4) is 0 Å². The first kappa shape index (κ1) is 23.4. The van der Waals surface area contributed by atoms with Gasteiger partial charge in [-0.1, -0.05) is 0 Å². The minimum Gasteiger partial charge on any atom is -0.462 e. The number of anilines is 2. The number of carbonyl (C=O) groups excluding carboxylic acids is 4. The van der Waals surface area contributed by atoms with Gasteiger partial charge in [-0.2, -0.15) is 0 Å². The molecule has 1 fully saturated rings. The van der Waals surface area contributed by atoms with Gasteiger partial charge in [0.05, 0.1) is 23.0 Å². The lowest BCUT2D eigenvalue weighted by Crippen LogP contribution is -2.28. The standard InChI is InChI=1S/C22H21N3O8/c1-2-32-21(28)14-3-5-16(6-4-14)23-19(26)13-33-22(29)15-11-20(27)24(12-15)17-7-9-18(10-8-17)25(30)31/h3-10,15H,2,11-13H2,1H3,(H,23,26)/t15-/m1/s1. The number of carbonyl (C=O) groups is 4. The van der Waals surface area contributed by atoms with Crippen LogP contribution in [0.3, 0.4) is 0 Å². The molecule has 0 radical (unpaired) electrons. The predicted molar refractivity (Wildman–Crippen MR) is 116 cm³/mol. The number of ether oxygens (including phenoxy) is 2. The maximum atomic E-state index is 12.3. The SMILES string of the molecule is CCOC(=O)c1ccc(NC(=O)COC(=O)[C@@H]2CC(=O)N(c3ccc([N+](=O)[O-])cc3)C2)cc1. The maximum absolute atomic E-state index is 12.3. The number of hydrogen-bond acceptors (Lipinski definition) is 8. The van der Waals surface area contributed by atoms with Gasteiger partial charge in [0.25, 0.3) is 11.6 Å². The van der Waals surface area contributed by atoms with Crippen LogP contribution in [0.4, 0.5) is 17.1 Å². The average molecular weight is 455 g/mol. The zero-order valence-corrected chi connectivity index (χ0v) is 17.7. The summed E-state index contributed by atoms with van der Waals surface area (Å²) in [4.78, 5) is 59.9. The lowest BCUT2D eigenvalue weighted by molar-refractivity contribution is -0.384. The van der Waals surface area contributed by atoms with E-state index in [2.05, 4.69) is 5.32 Å².